The van der Waals surface area contributed by atoms with Gasteiger partial charge in [-0.2, -0.15) is 0 Å². The van der Waals surface area contributed by atoms with Gasteiger partial charge in [0.25, 0.3) is 0 Å². The molecule has 0 saturated carbocycles. The van der Waals surface area contributed by atoms with Crippen LogP contribution in [-0.2, 0) is 4.74 Å². The third-order valence-corrected chi connectivity index (χ3v) is 2.39. The van der Waals surface area contributed by atoms with Gasteiger partial charge in [0.2, 0.25) is 0 Å². The SMILES string of the molecule is CN1CCCCCCCCOC1. The van der Waals surface area contributed by atoms with E-state index in [1.807, 2.05) is 0 Å². The van der Waals surface area contributed by atoms with Gasteiger partial charge in [0.1, 0.15) is 0 Å². The molecule has 2 nitrogen and oxygen atoms in total. The zero-order valence-electron chi connectivity index (χ0n) is 8.22. The molecule has 0 N–H and O–H groups in total. The Morgan fingerprint density at radius 1 is 0.917 bits per heavy atom. The molecule has 0 amide bonds. The lowest BCUT2D eigenvalue weighted by molar-refractivity contribution is 0.0415. The maximum Gasteiger partial charge on any atom is 0.0987 e. The molecule has 2 heteroatoms. The predicted molar refractivity (Wildman–Crippen MR) is 51.2 cm³/mol. The fourth-order valence-electron chi connectivity index (χ4n) is 1.58. The summed E-state index contributed by atoms with van der Waals surface area (Å²) in [7, 11) is 2.14. The first-order chi connectivity index (χ1) is 5.89. The summed E-state index contributed by atoms with van der Waals surface area (Å²) in [5.41, 5.74) is 0. The summed E-state index contributed by atoms with van der Waals surface area (Å²) in [5, 5.41) is 0. The number of rotatable bonds is 0. The van der Waals surface area contributed by atoms with Gasteiger partial charge in [0.05, 0.1) is 6.73 Å². The van der Waals surface area contributed by atoms with E-state index in [1.54, 1.807) is 0 Å². The molecule has 72 valence electrons. The maximum absolute atomic E-state index is 5.50. The Bertz CT molecular complexity index is 94.0. The van der Waals surface area contributed by atoms with Crippen LogP contribution in [0.1, 0.15) is 38.5 Å². The van der Waals surface area contributed by atoms with E-state index in [1.165, 1.54) is 45.1 Å². The van der Waals surface area contributed by atoms with E-state index in [9.17, 15) is 0 Å². The molecule has 12 heavy (non-hydrogen) atoms. The molecule has 1 aliphatic rings. The van der Waals surface area contributed by atoms with Gasteiger partial charge >= 0.3 is 0 Å². The monoisotopic (exact) mass is 171 g/mol. The van der Waals surface area contributed by atoms with Gasteiger partial charge in [0.15, 0.2) is 0 Å². The van der Waals surface area contributed by atoms with Crippen molar-refractivity contribution < 1.29 is 4.74 Å². The van der Waals surface area contributed by atoms with Crippen molar-refractivity contribution in [3.05, 3.63) is 0 Å². The van der Waals surface area contributed by atoms with Crippen LogP contribution in [0.3, 0.4) is 0 Å². The first kappa shape index (κ1) is 10.0. The normalized spacial score (nSPS) is 24.8. The fourth-order valence-corrected chi connectivity index (χ4v) is 1.58. The highest BCUT2D eigenvalue weighted by Gasteiger charge is 2.00. The lowest BCUT2D eigenvalue weighted by atomic mass is 10.1. The molecule has 0 aliphatic carbocycles. The van der Waals surface area contributed by atoms with E-state index in [2.05, 4.69) is 11.9 Å². The Hall–Kier alpha value is -0.0800. The predicted octanol–water partition coefficient (Wildman–Crippen LogP) is 2.25. The van der Waals surface area contributed by atoms with E-state index in [4.69, 9.17) is 4.74 Å². The quantitative estimate of drug-likeness (QED) is 0.554. The molecule has 1 aliphatic heterocycles. The molecule has 0 bridgehead atoms. The first-order valence-electron chi connectivity index (χ1n) is 5.16. The van der Waals surface area contributed by atoms with Gasteiger partial charge in [-0.1, -0.05) is 25.7 Å². The molecular formula is C10H21NO. The van der Waals surface area contributed by atoms with Crippen molar-refractivity contribution in [2.45, 2.75) is 38.5 Å². The molecule has 0 aromatic heterocycles. The number of hydrogen-bond acceptors (Lipinski definition) is 2. The van der Waals surface area contributed by atoms with Crippen molar-refractivity contribution in [2.24, 2.45) is 0 Å². The summed E-state index contributed by atoms with van der Waals surface area (Å²) >= 11 is 0. The minimum atomic E-state index is 0.819. The minimum absolute atomic E-state index is 0.819. The molecule has 0 atom stereocenters. The first-order valence-corrected chi connectivity index (χ1v) is 5.16. The Balaban J connectivity index is 2.13. The molecular weight excluding hydrogens is 150 g/mol. The van der Waals surface area contributed by atoms with E-state index in [0.29, 0.717) is 0 Å². The van der Waals surface area contributed by atoms with Crippen molar-refractivity contribution >= 4 is 0 Å². The molecule has 1 fully saturated rings. The molecule has 0 unspecified atom stereocenters. The van der Waals surface area contributed by atoms with Crippen LogP contribution in [0.2, 0.25) is 0 Å². The van der Waals surface area contributed by atoms with Crippen molar-refractivity contribution in [3.8, 4) is 0 Å². The smallest absolute Gasteiger partial charge is 0.0987 e. The van der Waals surface area contributed by atoms with E-state index in [-0.39, 0.29) is 0 Å². The highest BCUT2D eigenvalue weighted by atomic mass is 16.5. The third kappa shape index (κ3) is 4.73. The number of hydrogen-bond donors (Lipinski definition) is 0. The van der Waals surface area contributed by atoms with Crippen LogP contribution in [0.5, 0.6) is 0 Å². The van der Waals surface area contributed by atoms with E-state index in [0.717, 1.165) is 13.3 Å². The summed E-state index contributed by atoms with van der Waals surface area (Å²) in [6.07, 6.45) is 8.13. The van der Waals surface area contributed by atoms with Gasteiger partial charge in [-0.3, -0.25) is 4.90 Å². The standard InChI is InChI=1S/C10H21NO/c1-11-8-6-4-2-3-5-7-9-12-10-11/h2-10H2,1H3. The number of ether oxygens (including phenoxy) is 1. The molecule has 1 saturated heterocycles. The largest absolute Gasteiger partial charge is 0.366 e. The average Bonchev–Trinajstić information content (AvgIpc) is 2.11. The Morgan fingerprint density at radius 2 is 1.58 bits per heavy atom. The fraction of sp³-hybridized carbons (Fsp3) is 1.00. The van der Waals surface area contributed by atoms with Crippen LogP contribution in [0.15, 0.2) is 0 Å². The van der Waals surface area contributed by atoms with Crippen LogP contribution in [0.25, 0.3) is 0 Å². The minimum Gasteiger partial charge on any atom is -0.366 e. The van der Waals surface area contributed by atoms with Gasteiger partial charge in [-0.25, -0.2) is 0 Å². The van der Waals surface area contributed by atoms with E-state index < -0.39 is 0 Å². The second kappa shape index (κ2) is 6.44. The summed E-state index contributed by atoms with van der Waals surface area (Å²) in [6, 6.07) is 0. The topological polar surface area (TPSA) is 12.5 Å². The Labute approximate surface area is 75.9 Å². The molecule has 1 rings (SSSR count). The van der Waals surface area contributed by atoms with Gasteiger partial charge in [0, 0.05) is 6.61 Å². The zero-order chi connectivity index (χ0) is 8.65. The van der Waals surface area contributed by atoms with Gasteiger partial charge < -0.3 is 4.74 Å². The average molecular weight is 171 g/mol. The van der Waals surface area contributed by atoms with Crippen LogP contribution in [-0.4, -0.2) is 31.8 Å². The second-order valence-electron chi connectivity index (χ2n) is 3.74. The van der Waals surface area contributed by atoms with Crippen molar-refractivity contribution in [1.82, 2.24) is 4.90 Å². The van der Waals surface area contributed by atoms with Crippen LogP contribution >= 0.6 is 0 Å². The lowest BCUT2D eigenvalue weighted by Crippen LogP contribution is -2.22. The molecule has 1 heterocycles. The molecule has 0 aromatic carbocycles. The van der Waals surface area contributed by atoms with Crippen molar-refractivity contribution in [1.29, 1.82) is 0 Å². The lowest BCUT2D eigenvalue weighted by Gasteiger charge is -2.15. The third-order valence-electron chi connectivity index (χ3n) is 2.39. The van der Waals surface area contributed by atoms with E-state index >= 15 is 0 Å². The van der Waals surface area contributed by atoms with Crippen LogP contribution < -0.4 is 0 Å². The van der Waals surface area contributed by atoms with Crippen LogP contribution in [0.4, 0.5) is 0 Å². The molecule has 0 spiro atoms. The highest BCUT2D eigenvalue weighted by molar-refractivity contribution is 4.51. The van der Waals surface area contributed by atoms with Crippen molar-refractivity contribution in [3.63, 3.8) is 0 Å². The zero-order valence-corrected chi connectivity index (χ0v) is 8.22. The summed E-state index contributed by atoms with van der Waals surface area (Å²) in [4.78, 5) is 2.27. The summed E-state index contributed by atoms with van der Waals surface area (Å²) in [5.74, 6) is 0. The van der Waals surface area contributed by atoms with Crippen molar-refractivity contribution in [2.75, 3.05) is 26.9 Å². The maximum atomic E-state index is 5.50. The van der Waals surface area contributed by atoms with Gasteiger partial charge in [-0.05, 0) is 26.4 Å². The molecule has 0 radical (unpaired) electrons. The van der Waals surface area contributed by atoms with Gasteiger partial charge in [-0.15, -0.1) is 0 Å². The Morgan fingerprint density at radius 3 is 2.42 bits per heavy atom. The Kier molecular flexibility index (Phi) is 5.37. The van der Waals surface area contributed by atoms with Crippen LogP contribution in [0, 0.1) is 0 Å². The summed E-state index contributed by atoms with van der Waals surface area (Å²) in [6.45, 7) is 2.96. The summed E-state index contributed by atoms with van der Waals surface area (Å²) < 4.78 is 5.50. The number of nitrogens with zero attached hydrogens (tertiary/aromatic N) is 1. The molecule has 0 aromatic rings. The second-order valence-corrected chi connectivity index (χ2v) is 3.74. The highest BCUT2D eigenvalue weighted by Crippen LogP contribution is 2.07.